The third-order valence-corrected chi connectivity index (χ3v) is 6.11. The average molecular weight is 434 g/mol. The van der Waals surface area contributed by atoms with Gasteiger partial charge in [0.2, 0.25) is 0 Å². The van der Waals surface area contributed by atoms with Crippen molar-refractivity contribution < 1.29 is 27.4 Å². The molecule has 0 spiro atoms. The molecule has 0 aromatic carbocycles. The Bertz CT molecular complexity index is 997. The van der Waals surface area contributed by atoms with Gasteiger partial charge in [0.25, 0.3) is 5.56 Å². The number of hydrogen-bond acceptors (Lipinski definition) is 6. The van der Waals surface area contributed by atoms with Gasteiger partial charge in [0.15, 0.2) is 11.6 Å². The molecule has 1 aromatic heterocycles. The third-order valence-electron chi connectivity index (χ3n) is 6.11. The zero-order valence-electron chi connectivity index (χ0n) is 16.1. The molecule has 0 amide bonds. The van der Waals surface area contributed by atoms with Crippen LogP contribution in [-0.4, -0.2) is 57.7 Å². The van der Waals surface area contributed by atoms with E-state index in [1.807, 2.05) is 0 Å². The van der Waals surface area contributed by atoms with Crippen LogP contribution in [0.5, 0.6) is 0 Å². The Balaban J connectivity index is 1.75. The van der Waals surface area contributed by atoms with E-state index in [1.54, 1.807) is 6.92 Å². The fraction of sp³-hybridized carbons (Fsp3) is 0.667. The molecule has 2 heterocycles. The Morgan fingerprint density at radius 3 is 2.50 bits per heavy atom. The van der Waals surface area contributed by atoms with Gasteiger partial charge >= 0.3 is 12.1 Å². The lowest BCUT2D eigenvalue weighted by molar-refractivity contribution is -0.344. The number of fused-ring (bicyclic) bond motifs is 1. The van der Waals surface area contributed by atoms with Gasteiger partial charge in [-0.1, -0.05) is 6.92 Å². The minimum absolute atomic E-state index is 0.0130. The number of aromatic nitrogens is 2. The van der Waals surface area contributed by atoms with Gasteiger partial charge in [0.05, 0.1) is 12.1 Å². The molecule has 4 unspecified atom stereocenters. The second-order valence-corrected chi connectivity index (χ2v) is 8.10. The lowest BCUT2D eigenvalue weighted by Gasteiger charge is -2.36. The number of aromatic amines is 1. The highest BCUT2D eigenvalue weighted by atomic mass is 19.4. The van der Waals surface area contributed by atoms with Crippen LogP contribution in [0.1, 0.15) is 43.0 Å². The molecule has 166 valence electrons. The lowest BCUT2D eigenvalue weighted by Crippen LogP contribution is -2.46. The SMILES string of the molecule is CC1c2c(c(=O)[nH]c(=O)n2C2CC2)C(O)=C(F)C1N1CC(CN)C(OC(F)(F)F)C1. The van der Waals surface area contributed by atoms with Crippen LogP contribution in [0, 0.1) is 5.92 Å². The summed E-state index contributed by atoms with van der Waals surface area (Å²) in [6.45, 7) is 1.24. The summed E-state index contributed by atoms with van der Waals surface area (Å²) in [4.78, 5) is 28.3. The number of ether oxygens (including phenoxy) is 1. The number of alkyl halides is 3. The first kappa shape index (κ1) is 21.1. The van der Waals surface area contributed by atoms with Crippen molar-refractivity contribution in [1.29, 1.82) is 0 Å². The number of aliphatic hydroxyl groups is 1. The van der Waals surface area contributed by atoms with Crippen molar-refractivity contribution in [2.24, 2.45) is 11.7 Å². The minimum atomic E-state index is -4.87. The molecular weight excluding hydrogens is 412 g/mol. The smallest absolute Gasteiger partial charge is 0.504 e. The number of likely N-dealkylation sites (tertiary alicyclic amines) is 1. The van der Waals surface area contributed by atoms with E-state index in [9.17, 15) is 27.9 Å². The summed E-state index contributed by atoms with van der Waals surface area (Å²) < 4.78 is 59.0. The normalized spacial score (nSPS) is 30.1. The van der Waals surface area contributed by atoms with Gasteiger partial charge < -0.3 is 10.8 Å². The average Bonchev–Trinajstić information content (AvgIpc) is 3.39. The summed E-state index contributed by atoms with van der Waals surface area (Å²) >= 11 is 0. The van der Waals surface area contributed by atoms with Crippen molar-refractivity contribution in [3.63, 3.8) is 0 Å². The van der Waals surface area contributed by atoms with E-state index in [0.29, 0.717) is 12.8 Å². The summed E-state index contributed by atoms with van der Waals surface area (Å²) in [7, 11) is 0. The topological polar surface area (TPSA) is 114 Å². The monoisotopic (exact) mass is 434 g/mol. The second-order valence-electron chi connectivity index (χ2n) is 8.10. The predicted octanol–water partition coefficient (Wildman–Crippen LogP) is 1.35. The van der Waals surface area contributed by atoms with Crippen molar-refractivity contribution in [3.05, 3.63) is 37.9 Å². The Morgan fingerprint density at radius 2 is 1.93 bits per heavy atom. The summed E-state index contributed by atoms with van der Waals surface area (Å²) in [6, 6.07) is -1.32. The maximum Gasteiger partial charge on any atom is 0.522 e. The quantitative estimate of drug-likeness (QED) is 0.617. The van der Waals surface area contributed by atoms with Gasteiger partial charge in [0, 0.05) is 36.7 Å². The van der Waals surface area contributed by atoms with Gasteiger partial charge in [-0.15, -0.1) is 13.2 Å². The molecule has 2 aliphatic carbocycles. The Hall–Kier alpha value is -2.18. The number of halogens is 4. The molecule has 1 saturated heterocycles. The number of nitrogens with two attached hydrogens (primary N) is 1. The molecule has 1 aromatic rings. The molecular formula is C18H22F4N4O4. The number of nitrogens with one attached hydrogen (secondary N) is 1. The molecule has 4 atom stereocenters. The van der Waals surface area contributed by atoms with Gasteiger partial charge in [0.1, 0.15) is 5.56 Å². The molecule has 0 radical (unpaired) electrons. The van der Waals surface area contributed by atoms with Crippen LogP contribution in [0.3, 0.4) is 0 Å². The first-order chi connectivity index (χ1) is 14.0. The Morgan fingerprint density at radius 1 is 1.27 bits per heavy atom. The number of hydrogen-bond donors (Lipinski definition) is 3. The number of aliphatic hydroxyl groups excluding tert-OH is 1. The third kappa shape index (κ3) is 3.46. The zero-order valence-corrected chi connectivity index (χ0v) is 16.1. The summed E-state index contributed by atoms with van der Waals surface area (Å²) in [5.74, 6) is -3.38. The highest BCUT2D eigenvalue weighted by Gasteiger charge is 2.48. The first-order valence-electron chi connectivity index (χ1n) is 9.69. The van der Waals surface area contributed by atoms with Crippen molar-refractivity contribution in [2.75, 3.05) is 19.6 Å². The van der Waals surface area contributed by atoms with E-state index in [-0.39, 0.29) is 36.9 Å². The molecule has 3 aliphatic rings. The van der Waals surface area contributed by atoms with Crippen molar-refractivity contribution in [2.45, 2.75) is 50.2 Å². The summed E-state index contributed by atoms with van der Waals surface area (Å²) in [5, 5.41) is 10.5. The van der Waals surface area contributed by atoms with Crippen molar-refractivity contribution >= 4 is 5.76 Å². The van der Waals surface area contributed by atoms with Crippen LogP contribution in [-0.2, 0) is 4.74 Å². The highest BCUT2D eigenvalue weighted by Crippen LogP contribution is 2.44. The van der Waals surface area contributed by atoms with E-state index in [4.69, 9.17) is 5.73 Å². The Kier molecular flexibility index (Phi) is 5.06. The molecule has 12 heteroatoms. The van der Waals surface area contributed by atoms with E-state index >= 15 is 4.39 Å². The van der Waals surface area contributed by atoms with Gasteiger partial charge in [-0.25, -0.2) is 9.18 Å². The van der Waals surface area contributed by atoms with E-state index in [0.717, 1.165) is 0 Å². The largest absolute Gasteiger partial charge is 0.522 e. The van der Waals surface area contributed by atoms with E-state index in [2.05, 4.69) is 9.72 Å². The number of nitrogens with zero attached hydrogens (tertiary/aromatic N) is 2. The van der Waals surface area contributed by atoms with Crippen LogP contribution in [0.25, 0.3) is 5.76 Å². The van der Waals surface area contributed by atoms with Crippen molar-refractivity contribution in [1.82, 2.24) is 14.5 Å². The Labute approximate surface area is 167 Å². The molecule has 1 saturated carbocycles. The fourth-order valence-corrected chi connectivity index (χ4v) is 4.67. The molecule has 30 heavy (non-hydrogen) atoms. The van der Waals surface area contributed by atoms with Gasteiger partial charge in [-0.05, 0) is 19.4 Å². The minimum Gasteiger partial charge on any atom is -0.504 e. The van der Waals surface area contributed by atoms with Gasteiger partial charge in [-0.2, -0.15) is 0 Å². The second kappa shape index (κ2) is 7.20. The molecule has 4 N–H and O–H groups in total. The standard InChI is InChI=1S/C18H22F4N4O4/c1-7-13-11(16(28)24-17(29)26(13)9-2-3-9)15(27)12(19)14(7)25-5-8(4-23)10(6-25)30-18(20,21)22/h7-10,14,27H,2-6,23H2,1H3,(H,24,28,29). The number of H-pyrrole nitrogens is 1. The van der Waals surface area contributed by atoms with Crippen LogP contribution in [0.2, 0.25) is 0 Å². The molecule has 8 nitrogen and oxygen atoms in total. The summed E-state index contributed by atoms with van der Waals surface area (Å²) in [6.07, 6.45) is -4.76. The van der Waals surface area contributed by atoms with Crippen LogP contribution in [0.4, 0.5) is 17.6 Å². The molecule has 4 rings (SSSR count). The predicted molar refractivity (Wildman–Crippen MR) is 97.5 cm³/mol. The van der Waals surface area contributed by atoms with E-state index in [1.165, 1.54) is 9.47 Å². The zero-order chi connectivity index (χ0) is 22.0. The van der Waals surface area contributed by atoms with Crippen LogP contribution >= 0.6 is 0 Å². The van der Waals surface area contributed by atoms with Crippen LogP contribution in [0.15, 0.2) is 15.4 Å². The van der Waals surface area contributed by atoms with Crippen LogP contribution < -0.4 is 17.0 Å². The lowest BCUT2D eigenvalue weighted by atomic mass is 9.86. The first-order valence-corrected chi connectivity index (χ1v) is 9.69. The van der Waals surface area contributed by atoms with Crippen molar-refractivity contribution in [3.8, 4) is 0 Å². The molecule has 1 aliphatic heterocycles. The van der Waals surface area contributed by atoms with E-state index < -0.39 is 53.2 Å². The number of rotatable bonds is 4. The fourth-order valence-electron chi connectivity index (χ4n) is 4.67. The maximum atomic E-state index is 15.2. The highest BCUT2D eigenvalue weighted by molar-refractivity contribution is 5.66. The maximum absolute atomic E-state index is 15.2. The van der Waals surface area contributed by atoms with Gasteiger partial charge in [-0.3, -0.25) is 24.0 Å². The summed E-state index contributed by atoms with van der Waals surface area (Å²) in [5.41, 5.74) is 3.94. The molecule has 0 bridgehead atoms. The molecule has 2 fully saturated rings.